The predicted octanol–water partition coefficient (Wildman–Crippen LogP) is 0.672. The van der Waals surface area contributed by atoms with E-state index in [-0.39, 0.29) is 0 Å². The molecule has 0 spiro atoms. The SMILES string of the molecule is O=c1oc2[si](oc1=O)\C=C/C=C\C=C/2. The molecule has 1 aliphatic heterocycles. The van der Waals surface area contributed by atoms with Crippen molar-refractivity contribution in [3.63, 3.8) is 0 Å². The van der Waals surface area contributed by atoms with Crippen LogP contribution in [0.2, 0.25) is 0 Å². The van der Waals surface area contributed by atoms with E-state index in [1.165, 1.54) is 0 Å². The van der Waals surface area contributed by atoms with Gasteiger partial charge in [0.2, 0.25) is 0 Å². The van der Waals surface area contributed by atoms with E-state index >= 15 is 0 Å². The summed E-state index contributed by atoms with van der Waals surface area (Å²) in [7, 11) is -1.62. The molecule has 14 heavy (non-hydrogen) atoms. The third-order valence-electron chi connectivity index (χ3n) is 1.64. The smallest absolute Gasteiger partial charge is 0.421 e. The van der Waals surface area contributed by atoms with Crippen LogP contribution in [0.4, 0.5) is 0 Å². The second-order valence-corrected chi connectivity index (χ2v) is 4.37. The van der Waals surface area contributed by atoms with Crippen molar-refractivity contribution in [1.82, 2.24) is 0 Å². The van der Waals surface area contributed by atoms with Gasteiger partial charge in [0, 0.05) is 0 Å². The van der Waals surface area contributed by atoms with Crippen molar-refractivity contribution in [2.45, 2.75) is 0 Å². The van der Waals surface area contributed by atoms with Gasteiger partial charge in [-0.15, -0.1) is 0 Å². The molecule has 0 unspecified atom stereocenters. The van der Waals surface area contributed by atoms with Crippen LogP contribution >= 0.6 is 0 Å². The molecule has 0 bridgehead atoms. The minimum absolute atomic E-state index is 0.431. The first-order valence-electron chi connectivity index (χ1n) is 3.97. The van der Waals surface area contributed by atoms with Crippen LogP contribution in [0.3, 0.4) is 0 Å². The summed E-state index contributed by atoms with van der Waals surface area (Å²) in [5, 5.41) is 0.431. The maximum absolute atomic E-state index is 10.9. The van der Waals surface area contributed by atoms with E-state index in [4.69, 9.17) is 8.51 Å². The molecule has 2 rings (SSSR count). The van der Waals surface area contributed by atoms with Gasteiger partial charge in [0.1, 0.15) is 0 Å². The molecule has 0 saturated carbocycles. The lowest BCUT2D eigenvalue weighted by Crippen LogP contribution is -2.25. The molecule has 0 saturated heterocycles. The third kappa shape index (κ3) is 1.62. The molecule has 1 aromatic rings. The molecule has 0 amide bonds. The Kier molecular flexibility index (Phi) is 2.24. The zero-order chi connectivity index (χ0) is 9.97. The quantitative estimate of drug-likeness (QED) is 0.462. The fourth-order valence-corrected chi connectivity index (χ4v) is 2.39. The molecule has 0 atom stereocenters. The van der Waals surface area contributed by atoms with E-state index in [0.29, 0.717) is 5.37 Å². The van der Waals surface area contributed by atoms with Gasteiger partial charge < -0.3 is 8.51 Å². The summed E-state index contributed by atoms with van der Waals surface area (Å²) in [5.74, 6) is 0. The number of rotatable bonds is 0. The van der Waals surface area contributed by atoms with Crippen molar-refractivity contribution < 1.29 is 8.51 Å². The number of allylic oxidation sites excluding steroid dienone is 4. The minimum atomic E-state index is -1.62. The summed E-state index contributed by atoms with van der Waals surface area (Å²) < 4.78 is 9.73. The van der Waals surface area contributed by atoms with E-state index in [1.54, 1.807) is 30.0 Å². The summed E-state index contributed by atoms with van der Waals surface area (Å²) in [4.78, 5) is 21.8. The van der Waals surface area contributed by atoms with Gasteiger partial charge in [0.15, 0.2) is 5.37 Å². The van der Waals surface area contributed by atoms with Crippen LogP contribution in [0.1, 0.15) is 5.37 Å². The highest BCUT2D eigenvalue weighted by Crippen LogP contribution is 2.01. The van der Waals surface area contributed by atoms with Crippen LogP contribution in [0, 0.1) is 0 Å². The molecule has 5 heteroatoms. The second kappa shape index (κ2) is 3.55. The molecular formula is C9H6O4Si. The van der Waals surface area contributed by atoms with E-state index in [1.807, 2.05) is 6.08 Å². The van der Waals surface area contributed by atoms with Crippen molar-refractivity contribution in [2.24, 2.45) is 0 Å². The van der Waals surface area contributed by atoms with E-state index < -0.39 is 19.9 Å². The first-order chi connectivity index (χ1) is 6.77. The van der Waals surface area contributed by atoms with Gasteiger partial charge in [-0.2, -0.15) is 0 Å². The normalized spacial score (nSPS) is 20.3. The molecule has 0 aliphatic carbocycles. The van der Waals surface area contributed by atoms with Crippen LogP contribution < -0.4 is 11.3 Å². The summed E-state index contributed by atoms with van der Waals surface area (Å²) in [6.07, 6.45) is 8.75. The Morgan fingerprint density at radius 2 is 1.79 bits per heavy atom. The Morgan fingerprint density at radius 1 is 1.00 bits per heavy atom. The summed E-state index contributed by atoms with van der Waals surface area (Å²) in [6.45, 7) is 0. The minimum Gasteiger partial charge on any atom is -0.476 e. The van der Waals surface area contributed by atoms with E-state index in [9.17, 15) is 9.59 Å². The highest BCUT2D eigenvalue weighted by Gasteiger charge is 2.09. The van der Waals surface area contributed by atoms with E-state index in [2.05, 4.69) is 0 Å². The third-order valence-corrected chi connectivity index (χ3v) is 3.30. The Hall–Kier alpha value is -1.75. The summed E-state index contributed by atoms with van der Waals surface area (Å²) in [5.41, 5.74) is -0.119. The van der Waals surface area contributed by atoms with Crippen molar-refractivity contribution in [2.75, 3.05) is 0 Å². The zero-order valence-electron chi connectivity index (χ0n) is 7.10. The Morgan fingerprint density at radius 3 is 2.64 bits per heavy atom. The molecular weight excluding hydrogens is 200 g/mol. The maximum Gasteiger partial charge on any atom is 0.421 e. The van der Waals surface area contributed by atoms with Crippen molar-refractivity contribution in [3.05, 3.63) is 50.5 Å². The molecule has 0 N–H and O–H groups in total. The van der Waals surface area contributed by atoms with Crippen molar-refractivity contribution >= 4 is 20.4 Å². The Bertz CT molecular complexity index is 496. The van der Waals surface area contributed by atoms with Gasteiger partial charge in [-0.1, -0.05) is 24.3 Å². The second-order valence-electron chi connectivity index (χ2n) is 2.61. The van der Waals surface area contributed by atoms with Crippen LogP contribution in [-0.2, 0) is 0 Å². The number of fused-ring (bicyclic) bond motifs is 1. The Labute approximate surface area is 80.2 Å². The lowest BCUT2D eigenvalue weighted by atomic mass is 10.4. The van der Waals surface area contributed by atoms with Gasteiger partial charge in [-0.25, -0.2) is 9.59 Å². The highest BCUT2D eigenvalue weighted by atomic mass is 28.2. The van der Waals surface area contributed by atoms with Gasteiger partial charge >= 0.3 is 19.9 Å². The van der Waals surface area contributed by atoms with Gasteiger partial charge in [0.05, 0.1) is 0 Å². The largest absolute Gasteiger partial charge is 0.476 e. The molecule has 4 nitrogen and oxygen atoms in total. The van der Waals surface area contributed by atoms with Crippen LogP contribution in [0.15, 0.2) is 42.4 Å². The molecule has 2 heterocycles. The number of hydrogen-bond donors (Lipinski definition) is 0. The summed E-state index contributed by atoms with van der Waals surface area (Å²) >= 11 is 0. The average molecular weight is 206 g/mol. The van der Waals surface area contributed by atoms with Crippen LogP contribution in [-0.4, -0.2) is 8.65 Å². The van der Waals surface area contributed by atoms with Crippen molar-refractivity contribution in [1.29, 1.82) is 0 Å². The maximum atomic E-state index is 10.9. The first kappa shape index (κ1) is 8.83. The molecule has 0 aromatic carbocycles. The molecule has 1 aromatic heterocycles. The topological polar surface area (TPSA) is 60.4 Å². The Balaban J connectivity index is 2.73. The van der Waals surface area contributed by atoms with Gasteiger partial charge in [0.25, 0.3) is 0 Å². The summed E-state index contributed by atoms with van der Waals surface area (Å²) in [6, 6.07) is 0. The van der Waals surface area contributed by atoms with Gasteiger partial charge in [-0.05, 0) is 11.8 Å². The molecule has 70 valence electrons. The van der Waals surface area contributed by atoms with E-state index in [0.717, 1.165) is 0 Å². The molecule has 0 fully saturated rings. The van der Waals surface area contributed by atoms with Crippen LogP contribution in [0.5, 0.6) is 0 Å². The lowest BCUT2D eigenvalue weighted by Gasteiger charge is -1.95. The van der Waals surface area contributed by atoms with Gasteiger partial charge in [-0.3, -0.25) is 0 Å². The zero-order valence-corrected chi connectivity index (χ0v) is 8.10. The molecule has 0 radical (unpaired) electrons. The monoisotopic (exact) mass is 206 g/mol. The lowest BCUT2D eigenvalue weighted by molar-refractivity contribution is 0.441. The highest BCUT2D eigenvalue weighted by molar-refractivity contribution is 6.62. The fourth-order valence-electron chi connectivity index (χ4n) is 1.03. The first-order valence-corrected chi connectivity index (χ1v) is 5.45. The molecule has 1 aliphatic rings. The number of hydrogen-bond acceptors (Lipinski definition) is 4. The predicted molar refractivity (Wildman–Crippen MR) is 53.0 cm³/mol. The van der Waals surface area contributed by atoms with Crippen molar-refractivity contribution in [3.8, 4) is 0 Å². The van der Waals surface area contributed by atoms with Crippen LogP contribution in [0.25, 0.3) is 11.8 Å². The standard InChI is InChI=1S/C9H6O4Si/c10-8-9(11)13-14-6-4-2-1-3-5-7(14)12-8/h1-6H/b2-1-,3-1?,4-2?,5-3-,6-4-,7-5?,14-6?. The fraction of sp³-hybridized carbons (Fsp3) is 0. The average Bonchev–Trinajstić information content (AvgIpc) is 2.13.